The molecule has 1 N–H and O–H groups in total. The number of furan rings is 1. The molecule has 3 aromatic carbocycles. The Bertz CT molecular complexity index is 2200. The average molecular weight is 852 g/mol. The van der Waals surface area contributed by atoms with Crippen molar-refractivity contribution in [3.63, 3.8) is 0 Å². The molecule has 259 valence electrons. The number of fused-ring (bicyclic) bond motifs is 3. The summed E-state index contributed by atoms with van der Waals surface area (Å²) in [5.41, 5.74) is 6.61. The summed E-state index contributed by atoms with van der Waals surface area (Å²) in [6.07, 6.45) is 1.33. The third kappa shape index (κ3) is 7.75. The molecule has 7 heteroatoms. The van der Waals surface area contributed by atoms with E-state index in [0.29, 0.717) is 0 Å². The Hall–Kier alpha value is -3.64. The number of thiophene rings is 1. The van der Waals surface area contributed by atoms with Gasteiger partial charge in [-0.25, -0.2) is 0 Å². The van der Waals surface area contributed by atoms with E-state index in [1.54, 1.807) is 11.3 Å². The molecule has 0 aliphatic rings. The molecule has 49 heavy (non-hydrogen) atoms. The standard InChI is InChI=1S/C31H27N2OS.C11H20O2.Ir/c1-17-22-12-9-10-14-25(22)34-28(17)29-18(2)26-19(3)32-33-27(30(26)35-29)21-15-20-11-7-8-13-23(20)24(16-21)31(4,5)6;1-10(2,3)8(12)7-9(13)11(4,5)6;/h7-14,16H,1-6H3;7,12H,1-6H3;/q-1;;/b;8-7-;. The van der Waals surface area contributed by atoms with E-state index < -0.39 is 5.41 Å². The van der Waals surface area contributed by atoms with E-state index in [0.717, 1.165) is 54.0 Å². The first-order valence-electron chi connectivity index (χ1n) is 16.5. The molecule has 0 atom stereocenters. The van der Waals surface area contributed by atoms with Gasteiger partial charge in [-0.05, 0) is 37.8 Å². The minimum atomic E-state index is -0.417. The van der Waals surface area contributed by atoms with Gasteiger partial charge in [0.05, 0.1) is 10.6 Å². The number of hydrogen-bond donors (Lipinski definition) is 1. The first kappa shape index (κ1) is 38.2. The molecule has 0 saturated heterocycles. The van der Waals surface area contributed by atoms with Gasteiger partial charge in [0.25, 0.3) is 0 Å². The Kier molecular flexibility index (Phi) is 10.9. The van der Waals surface area contributed by atoms with Crippen LogP contribution in [0.4, 0.5) is 0 Å². The maximum atomic E-state index is 11.5. The summed E-state index contributed by atoms with van der Waals surface area (Å²) >= 11 is 1.74. The summed E-state index contributed by atoms with van der Waals surface area (Å²) in [6, 6.07) is 22.6. The number of aliphatic hydroxyl groups is 1. The van der Waals surface area contributed by atoms with Gasteiger partial charge in [-0.2, -0.15) is 10.2 Å². The van der Waals surface area contributed by atoms with Crippen molar-refractivity contribution in [3.05, 3.63) is 94.9 Å². The number of carbonyl (C=O) groups is 1. The van der Waals surface area contributed by atoms with E-state index in [4.69, 9.17) is 9.52 Å². The number of rotatable bonds is 3. The first-order chi connectivity index (χ1) is 22.3. The van der Waals surface area contributed by atoms with Crippen molar-refractivity contribution >= 4 is 48.9 Å². The number of allylic oxidation sites excluding steroid dienone is 2. The van der Waals surface area contributed by atoms with Gasteiger partial charge in [0.1, 0.15) is 17.1 Å². The molecule has 0 bridgehead atoms. The molecule has 3 heterocycles. The average Bonchev–Trinajstić information content (AvgIpc) is 3.52. The van der Waals surface area contributed by atoms with Crippen molar-refractivity contribution in [1.29, 1.82) is 0 Å². The Morgan fingerprint density at radius 2 is 1.45 bits per heavy atom. The molecule has 6 aromatic rings. The third-order valence-corrected chi connectivity index (χ3v) is 9.98. The molecule has 5 nitrogen and oxygen atoms in total. The number of aromatic nitrogens is 2. The molecule has 0 spiro atoms. The summed E-state index contributed by atoms with van der Waals surface area (Å²) in [5, 5.41) is 23.5. The number of benzene rings is 3. The van der Waals surface area contributed by atoms with Crippen molar-refractivity contribution in [1.82, 2.24) is 10.2 Å². The van der Waals surface area contributed by atoms with Crippen molar-refractivity contribution in [2.24, 2.45) is 10.8 Å². The maximum absolute atomic E-state index is 11.5. The van der Waals surface area contributed by atoms with Crippen LogP contribution in [0.2, 0.25) is 0 Å². The topological polar surface area (TPSA) is 76.2 Å². The summed E-state index contributed by atoms with van der Waals surface area (Å²) in [5.74, 6) is 1.04. The number of carbonyl (C=O) groups excluding carboxylic acids is 1. The van der Waals surface area contributed by atoms with Crippen molar-refractivity contribution in [3.8, 4) is 21.9 Å². The predicted octanol–water partition coefficient (Wildman–Crippen LogP) is 12.0. The van der Waals surface area contributed by atoms with Crippen LogP contribution in [0, 0.1) is 37.7 Å². The smallest absolute Gasteiger partial charge is 0.164 e. The Labute approximate surface area is 308 Å². The van der Waals surface area contributed by atoms with Gasteiger partial charge >= 0.3 is 0 Å². The number of aryl methyl sites for hydroxylation is 3. The zero-order chi connectivity index (χ0) is 35.3. The van der Waals surface area contributed by atoms with Crippen molar-refractivity contribution in [2.45, 2.75) is 88.5 Å². The van der Waals surface area contributed by atoms with Crippen molar-refractivity contribution in [2.75, 3.05) is 0 Å². The molecule has 0 amide bonds. The van der Waals surface area contributed by atoms with Gasteiger partial charge in [-0.1, -0.05) is 110 Å². The number of ketones is 1. The molecule has 0 aliphatic carbocycles. The quantitative estimate of drug-likeness (QED) is 0.109. The molecule has 0 fully saturated rings. The number of aliphatic hydroxyl groups excluding tert-OH is 1. The fourth-order valence-electron chi connectivity index (χ4n) is 5.66. The summed E-state index contributed by atoms with van der Waals surface area (Å²) in [7, 11) is 0. The molecule has 6 rings (SSSR count). The second-order valence-corrected chi connectivity index (χ2v) is 16.8. The van der Waals surface area contributed by atoms with Gasteiger partial charge in [-0.3, -0.25) is 4.79 Å². The van der Waals surface area contributed by atoms with E-state index in [1.807, 2.05) is 60.6 Å². The van der Waals surface area contributed by atoms with Gasteiger partial charge < -0.3 is 9.52 Å². The third-order valence-electron chi connectivity index (χ3n) is 8.69. The maximum Gasteiger partial charge on any atom is 0.164 e. The minimum Gasteiger partial charge on any atom is -0.512 e. The molecule has 0 unspecified atom stereocenters. The van der Waals surface area contributed by atoms with Crippen LogP contribution in [0.1, 0.15) is 84.7 Å². The second-order valence-electron chi connectivity index (χ2n) is 15.7. The monoisotopic (exact) mass is 852 g/mol. The summed E-state index contributed by atoms with van der Waals surface area (Å²) < 4.78 is 7.50. The van der Waals surface area contributed by atoms with E-state index in [9.17, 15) is 9.90 Å². The van der Waals surface area contributed by atoms with E-state index >= 15 is 0 Å². The van der Waals surface area contributed by atoms with Gasteiger partial charge in [0.15, 0.2) is 5.78 Å². The summed E-state index contributed by atoms with van der Waals surface area (Å²) in [6.45, 7) is 24.2. The largest absolute Gasteiger partial charge is 0.512 e. The zero-order valence-electron chi connectivity index (χ0n) is 30.7. The van der Waals surface area contributed by atoms with Crippen LogP contribution in [0.15, 0.2) is 70.8 Å². The number of hydrogen-bond acceptors (Lipinski definition) is 6. The minimum absolute atomic E-state index is 0. The van der Waals surface area contributed by atoms with E-state index in [1.165, 1.54) is 28.2 Å². The molecular weight excluding hydrogens is 805 g/mol. The fraction of sp³-hybridized carbons (Fsp3) is 0.357. The molecule has 0 aliphatic heterocycles. The van der Waals surface area contributed by atoms with Crippen LogP contribution < -0.4 is 0 Å². The second kappa shape index (κ2) is 13.9. The van der Waals surface area contributed by atoms with Crippen molar-refractivity contribution < 1.29 is 34.4 Å². The Morgan fingerprint density at radius 1 is 0.837 bits per heavy atom. The van der Waals surface area contributed by atoms with E-state index in [2.05, 4.69) is 88.2 Å². The summed E-state index contributed by atoms with van der Waals surface area (Å²) in [4.78, 5) is 12.6. The molecular formula is C42H47IrN2O3S-. The molecule has 0 saturated carbocycles. The Balaban J connectivity index is 0.000000332. The van der Waals surface area contributed by atoms with E-state index in [-0.39, 0.29) is 42.5 Å². The van der Waals surface area contributed by atoms with Crippen LogP contribution in [-0.4, -0.2) is 21.1 Å². The zero-order valence-corrected chi connectivity index (χ0v) is 33.9. The fourth-order valence-corrected chi connectivity index (χ4v) is 7.05. The first-order valence-corrected chi connectivity index (χ1v) is 17.3. The van der Waals surface area contributed by atoms with Gasteiger partial charge in [0.2, 0.25) is 0 Å². The number of nitrogens with zero attached hydrogens (tertiary/aromatic N) is 2. The van der Waals surface area contributed by atoms with Crippen LogP contribution >= 0.6 is 11.3 Å². The van der Waals surface area contributed by atoms with Crippen LogP contribution in [-0.2, 0) is 30.3 Å². The molecule has 1 radical (unpaired) electrons. The SMILES string of the molecule is CC(C)(C)C(=O)/C=C(\O)C(C)(C)C.Cc1c(-c2sc3c(-c4[c-]c5ccccc5c(C(C)(C)C)c4)nnc(C)c3c2C)oc2ccccc12.[Ir]. The predicted molar refractivity (Wildman–Crippen MR) is 202 cm³/mol. The number of para-hydroxylation sites is 1. The molecule has 3 aromatic heterocycles. The normalized spacial score (nSPS) is 12.6. The van der Waals surface area contributed by atoms with Gasteiger partial charge in [0, 0.05) is 63.7 Å². The Morgan fingerprint density at radius 3 is 2.04 bits per heavy atom. The van der Waals surface area contributed by atoms with Gasteiger partial charge in [-0.15, -0.1) is 40.5 Å². The van der Waals surface area contributed by atoms with Crippen LogP contribution in [0.3, 0.4) is 0 Å². The van der Waals surface area contributed by atoms with Crippen LogP contribution in [0.5, 0.6) is 0 Å². The van der Waals surface area contributed by atoms with Crippen LogP contribution in [0.25, 0.3) is 53.7 Å².